The lowest BCUT2D eigenvalue weighted by atomic mass is 10.1. The topological polar surface area (TPSA) is 124 Å². The first-order valence-corrected chi connectivity index (χ1v) is 5.06. The zero-order chi connectivity index (χ0) is 13.4. The van der Waals surface area contributed by atoms with Crippen LogP contribution in [0.15, 0.2) is 27.8 Å². The van der Waals surface area contributed by atoms with Crippen LogP contribution in [0.3, 0.4) is 0 Å². The van der Waals surface area contributed by atoms with Crippen LogP contribution >= 0.6 is 12.2 Å². The Morgan fingerprint density at radius 2 is 2.11 bits per heavy atom. The molecule has 8 nitrogen and oxygen atoms in total. The van der Waals surface area contributed by atoms with E-state index in [1.807, 2.05) is 0 Å². The van der Waals surface area contributed by atoms with Crippen LogP contribution < -0.4 is 16.9 Å². The maximum Gasteiger partial charge on any atom is 0.283 e. The molecule has 0 bridgehead atoms. The van der Waals surface area contributed by atoms with Gasteiger partial charge in [0, 0.05) is 6.07 Å². The minimum Gasteiger partial charge on any atom is -0.374 e. The summed E-state index contributed by atoms with van der Waals surface area (Å²) >= 11 is 4.59. The summed E-state index contributed by atoms with van der Waals surface area (Å²) in [6.07, 6.45) is 0. The second-order valence-electron chi connectivity index (χ2n) is 3.38. The molecule has 0 aliphatic rings. The molecule has 1 heterocycles. The fraction of sp³-hybridized carbons (Fsp3) is 0. The number of nitro benzene ring substituents is 1. The first-order chi connectivity index (χ1) is 8.43. The molecule has 2 rings (SSSR count). The Morgan fingerprint density at radius 1 is 1.44 bits per heavy atom. The van der Waals surface area contributed by atoms with Gasteiger partial charge in [0.15, 0.2) is 5.11 Å². The predicted octanol–water partition coefficient (Wildman–Crippen LogP) is -0.310. The Hall–Kier alpha value is -2.55. The summed E-state index contributed by atoms with van der Waals surface area (Å²) in [5.41, 5.74) is 3.31. The summed E-state index contributed by atoms with van der Waals surface area (Å²) in [6, 6.07) is 3.75. The number of hydrogen-bond donors (Lipinski definition) is 2. The largest absolute Gasteiger partial charge is 0.374 e. The minimum atomic E-state index is -0.801. The summed E-state index contributed by atoms with van der Waals surface area (Å²) < 4.78 is 0.670. The summed E-state index contributed by atoms with van der Waals surface area (Å²) in [7, 11) is 0. The molecular formula is C9H6N4O4S. The lowest BCUT2D eigenvalue weighted by molar-refractivity contribution is -0.383. The van der Waals surface area contributed by atoms with E-state index in [0.717, 1.165) is 6.07 Å². The number of aromatic nitrogens is 2. The minimum absolute atomic E-state index is 0.110. The van der Waals surface area contributed by atoms with Crippen molar-refractivity contribution in [3.8, 4) is 0 Å². The fourth-order valence-electron chi connectivity index (χ4n) is 1.59. The van der Waals surface area contributed by atoms with Gasteiger partial charge >= 0.3 is 0 Å². The van der Waals surface area contributed by atoms with Gasteiger partial charge in [-0.05, 0) is 18.3 Å². The van der Waals surface area contributed by atoms with Gasteiger partial charge in [0.05, 0.1) is 10.3 Å². The molecule has 1 aromatic heterocycles. The summed E-state index contributed by atoms with van der Waals surface area (Å²) in [4.78, 5) is 33.7. The molecule has 0 atom stereocenters. The second-order valence-corrected chi connectivity index (χ2v) is 3.79. The molecule has 0 saturated carbocycles. The highest BCUT2D eigenvalue weighted by molar-refractivity contribution is 7.80. The molecular weight excluding hydrogens is 260 g/mol. The zero-order valence-corrected chi connectivity index (χ0v) is 9.56. The van der Waals surface area contributed by atoms with Crippen molar-refractivity contribution in [2.45, 2.75) is 0 Å². The Labute approximate surface area is 104 Å². The van der Waals surface area contributed by atoms with Crippen LogP contribution in [-0.2, 0) is 0 Å². The molecule has 1 aromatic carbocycles. The third kappa shape index (κ3) is 1.66. The van der Waals surface area contributed by atoms with Crippen LogP contribution in [0, 0.1) is 10.1 Å². The van der Waals surface area contributed by atoms with Crippen LogP contribution in [0.4, 0.5) is 5.69 Å². The molecule has 18 heavy (non-hydrogen) atoms. The summed E-state index contributed by atoms with van der Waals surface area (Å²) in [5, 5.41) is 12.1. The number of nitrogens with zero attached hydrogens (tertiary/aromatic N) is 2. The van der Waals surface area contributed by atoms with E-state index in [0.29, 0.717) is 4.68 Å². The van der Waals surface area contributed by atoms with Crippen molar-refractivity contribution in [3.05, 3.63) is 49.0 Å². The smallest absolute Gasteiger partial charge is 0.283 e. The number of nitrogens with two attached hydrogens (primary N) is 1. The van der Waals surface area contributed by atoms with Gasteiger partial charge in [0.25, 0.3) is 16.8 Å². The van der Waals surface area contributed by atoms with Crippen LogP contribution in [0.1, 0.15) is 0 Å². The van der Waals surface area contributed by atoms with Gasteiger partial charge in [-0.1, -0.05) is 6.07 Å². The average Bonchev–Trinajstić information content (AvgIpc) is 2.32. The van der Waals surface area contributed by atoms with Crippen LogP contribution in [0.5, 0.6) is 0 Å². The number of aromatic amines is 1. The van der Waals surface area contributed by atoms with Crippen LogP contribution in [-0.4, -0.2) is 19.8 Å². The van der Waals surface area contributed by atoms with Crippen molar-refractivity contribution >= 4 is 33.8 Å². The molecule has 0 fully saturated rings. The summed E-state index contributed by atoms with van der Waals surface area (Å²) in [5.74, 6) is 0. The van der Waals surface area contributed by atoms with Crippen LogP contribution in [0.2, 0.25) is 0 Å². The zero-order valence-electron chi connectivity index (χ0n) is 8.75. The van der Waals surface area contributed by atoms with Crippen molar-refractivity contribution in [2.75, 3.05) is 0 Å². The number of H-pyrrole nitrogens is 1. The molecule has 0 aliphatic carbocycles. The highest BCUT2D eigenvalue weighted by atomic mass is 32.1. The van der Waals surface area contributed by atoms with E-state index >= 15 is 0 Å². The number of hydrogen-bond acceptors (Lipinski definition) is 5. The van der Waals surface area contributed by atoms with Gasteiger partial charge in [-0.2, -0.15) is 4.68 Å². The number of nitrogens with one attached hydrogen (secondary N) is 1. The Bertz CT molecular complexity index is 791. The van der Waals surface area contributed by atoms with Crippen molar-refractivity contribution < 1.29 is 4.92 Å². The molecule has 3 N–H and O–H groups in total. The third-order valence-corrected chi connectivity index (χ3v) is 2.52. The molecule has 2 aromatic rings. The van der Waals surface area contributed by atoms with E-state index in [4.69, 9.17) is 5.73 Å². The molecule has 0 aliphatic heterocycles. The number of benzene rings is 1. The molecule has 9 heteroatoms. The quantitative estimate of drug-likeness (QED) is 0.414. The standard InChI is InChI=1S/C9H6N4O4S/c10-9(18)12-8(15)4-2-1-3-5(13(16)17)6(4)7(14)11-12/h1-3H,(H2,10,18)(H,11,14). The highest BCUT2D eigenvalue weighted by Gasteiger charge is 2.18. The maximum absolute atomic E-state index is 11.9. The van der Waals surface area contributed by atoms with Crippen molar-refractivity contribution in [3.63, 3.8) is 0 Å². The highest BCUT2D eigenvalue weighted by Crippen LogP contribution is 2.18. The van der Waals surface area contributed by atoms with Gasteiger partial charge in [-0.3, -0.25) is 24.8 Å². The van der Waals surface area contributed by atoms with Gasteiger partial charge < -0.3 is 5.73 Å². The maximum atomic E-state index is 11.9. The van der Waals surface area contributed by atoms with Crippen LogP contribution in [0.25, 0.3) is 10.8 Å². The Morgan fingerprint density at radius 3 is 2.67 bits per heavy atom. The first kappa shape index (κ1) is 11.9. The van der Waals surface area contributed by atoms with E-state index in [9.17, 15) is 19.7 Å². The monoisotopic (exact) mass is 266 g/mol. The molecule has 0 radical (unpaired) electrons. The average molecular weight is 266 g/mol. The van der Waals surface area contributed by atoms with Gasteiger partial charge in [0.2, 0.25) is 0 Å². The fourth-order valence-corrected chi connectivity index (χ4v) is 1.72. The number of non-ortho nitro benzene ring substituents is 1. The first-order valence-electron chi connectivity index (χ1n) is 4.65. The summed E-state index contributed by atoms with van der Waals surface area (Å²) in [6.45, 7) is 0. The molecule has 92 valence electrons. The van der Waals surface area contributed by atoms with Gasteiger partial charge in [0.1, 0.15) is 5.39 Å². The van der Waals surface area contributed by atoms with Gasteiger partial charge in [-0.25, -0.2) is 0 Å². The normalized spacial score (nSPS) is 10.4. The number of rotatable bonds is 1. The second kappa shape index (κ2) is 4.04. The Kier molecular flexibility index (Phi) is 2.67. The predicted molar refractivity (Wildman–Crippen MR) is 67.7 cm³/mol. The number of thiocarbonyl (C=S) groups is 1. The van der Waals surface area contributed by atoms with Gasteiger partial charge in [-0.15, -0.1) is 0 Å². The van der Waals surface area contributed by atoms with Crippen molar-refractivity contribution in [1.29, 1.82) is 0 Å². The lowest BCUT2D eigenvalue weighted by Gasteiger charge is -2.04. The van der Waals surface area contributed by atoms with E-state index in [1.54, 1.807) is 0 Å². The van der Waals surface area contributed by atoms with E-state index in [2.05, 4.69) is 17.3 Å². The van der Waals surface area contributed by atoms with E-state index in [1.165, 1.54) is 12.1 Å². The SMILES string of the molecule is NC(=S)n1[nH]c(=O)c2c([N+](=O)[O-])cccc2c1=O. The number of nitro groups is 1. The molecule has 0 unspecified atom stereocenters. The van der Waals surface area contributed by atoms with E-state index < -0.39 is 21.7 Å². The molecule has 0 saturated heterocycles. The van der Waals surface area contributed by atoms with Crippen molar-refractivity contribution in [1.82, 2.24) is 9.78 Å². The molecule has 0 amide bonds. The lowest BCUT2D eigenvalue weighted by Crippen LogP contribution is -2.37. The van der Waals surface area contributed by atoms with Crippen molar-refractivity contribution in [2.24, 2.45) is 5.73 Å². The number of fused-ring (bicyclic) bond motifs is 1. The molecule has 0 spiro atoms. The van der Waals surface area contributed by atoms with E-state index in [-0.39, 0.29) is 15.9 Å². The third-order valence-electron chi connectivity index (χ3n) is 2.33. The Balaban J connectivity index is 3.07.